The first kappa shape index (κ1) is 12.6. The summed E-state index contributed by atoms with van der Waals surface area (Å²) in [7, 11) is 0. The lowest BCUT2D eigenvalue weighted by Crippen LogP contribution is -2.01. The van der Waals surface area contributed by atoms with Gasteiger partial charge in [-0.05, 0) is 18.4 Å². The van der Waals surface area contributed by atoms with Gasteiger partial charge >= 0.3 is 0 Å². The largest absolute Gasteiger partial charge is 0.293 e. The number of carbonyl (C=O) groups excluding carboxylic acids is 1. The molecule has 3 nitrogen and oxygen atoms in total. The van der Waals surface area contributed by atoms with Crippen LogP contribution in [-0.2, 0) is 0 Å². The van der Waals surface area contributed by atoms with Crippen LogP contribution in [-0.4, -0.2) is 28.0 Å². The number of ketones is 1. The summed E-state index contributed by atoms with van der Waals surface area (Å²) >= 11 is 4.55. The van der Waals surface area contributed by atoms with Gasteiger partial charge in [-0.25, -0.2) is 0 Å². The Balaban J connectivity index is 1.95. The fraction of sp³-hybridized carbons (Fsp3) is 0.182. The maximum absolute atomic E-state index is 11.9. The normalized spacial score (nSPS) is 10.4. The van der Waals surface area contributed by atoms with Gasteiger partial charge in [0.1, 0.15) is 5.51 Å². The Hall–Kier alpha value is -0.850. The highest BCUT2D eigenvalue weighted by atomic mass is 32.2. The predicted molar refractivity (Wildman–Crippen MR) is 73.2 cm³/mol. The van der Waals surface area contributed by atoms with E-state index in [4.69, 9.17) is 0 Å². The summed E-state index contributed by atoms with van der Waals surface area (Å²) < 4.78 is 0.832. The van der Waals surface area contributed by atoms with E-state index < -0.39 is 0 Å². The van der Waals surface area contributed by atoms with Crippen LogP contribution in [0.4, 0.5) is 0 Å². The molecule has 0 radical (unpaired) electrons. The minimum absolute atomic E-state index is 0.123. The molecule has 1 aromatic carbocycles. The standard InChI is InChI=1S/C11H10N2OS3/c1-15-9-4-2-8(3-5-9)10(14)6-16-11-13-12-7-17-11/h2-5,7H,6H2,1H3. The number of aromatic nitrogens is 2. The number of nitrogens with zero attached hydrogens (tertiary/aromatic N) is 2. The summed E-state index contributed by atoms with van der Waals surface area (Å²) in [6.07, 6.45) is 2.02. The van der Waals surface area contributed by atoms with E-state index in [1.165, 1.54) is 28.0 Å². The molecule has 0 aliphatic carbocycles. The highest BCUT2D eigenvalue weighted by Crippen LogP contribution is 2.21. The smallest absolute Gasteiger partial charge is 0.174 e. The van der Waals surface area contributed by atoms with Gasteiger partial charge in [-0.3, -0.25) is 4.79 Å². The Kier molecular flexibility index (Phi) is 4.58. The zero-order chi connectivity index (χ0) is 12.1. The van der Waals surface area contributed by atoms with Gasteiger partial charge in [-0.2, -0.15) is 0 Å². The van der Waals surface area contributed by atoms with Gasteiger partial charge < -0.3 is 0 Å². The average Bonchev–Trinajstić information content (AvgIpc) is 2.89. The molecule has 0 amide bonds. The van der Waals surface area contributed by atoms with E-state index in [-0.39, 0.29) is 5.78 Å². The van der Waals surface area contributed by atoms with E-state index in [0.29, 0.717) is 5.75 Å². The van der Waals surface area contributed by atoms with Crippen LogP contribution in [0.25, 0.3) is 0 Å². The van der Waals surface area contributed by atoms with Crippen molar-refractivity contribution in [3.05, 3.63) is 35.3 Å². The second-order valence-corrected chi connectivity index (χ2v) is 6.08. The summed E-state index contributed by atoms with van der Waals surface area (Å²) in [4.78, 5) is 13.0. The van der Waals surface area contributed by atoms with Crippen LogP contribution in [0.2, 0.25) is 0 Å². The first-order valence-corrected chi connectivity index (χ1v) is 7.95. The molecule has 1 heterocycles. The van der Waals surface area contributed by atoms with Crippen LogP contribution >= 0.6 is 34.9 Å². The minimum atomic E-state index is 0.123. The fourth-order valence-corrected chi connectivity index (χ4v) is 3.00. The van der Waals surface area contributed by atoms with E-state index in [1.54, 1.807) is 17.3 Å². The molecule has 0 saturated heterocycles. The molecule has 88 valence electrons. The van der Waals surface area contributed by atoms with E-state index in [1.807, 2.05) is 30.5 Å². The fourth-order valence-electron chi connectivity index (χ4n) is 1.21. The third-order valence-corrected chi connectivity index (χ3v) is 4.68. The zero-order valence-electron chi connectivity index (χ0n) is 9.12. The Morgan fingerprint density at radius 3 is 2.71 bits per heavy atom. The van der Waals surface area contributed by atoms with Crippen molar-refractivity contribution < 1.29 is 4.79 Å². The second-order valence-electron chi connectivity index (χ2n) is 3.14. The number of rotatable bonds is 5. The minimum Gasteiger partial charge on any atom is -0.293 e. The number of Topliss-reactive ketones (excluding diaryl/α,β-unsaturated/α-hetero) is 1. The summed E-state index contributed by atoms with van der Waals surface area (Å²) in [5.74, 6) is 0.534. The van der Waals surface area contributed by atoms with Gasteiger partial charge in [0.05, 0.1) is 5.75 Å². The van der Waals surface area contributed by atoms with Crippen molar-refractivity contribution in [1.82, 2.24) is 10.2 Å². The van der Waals surface area contributed by atoms with Gasteiger partial charge in [0, 0.05) is 10.5 Å². The number of hydrogen-bond acceptors (Lipinski definition) is 6. The molecule has 2 aromatic rings. The lowest BCUT2D eigenvalue weighted by atomic mass is 10.1. The summed E-state index contributed by atoms with van der Waals surface area (Å²) in [5.41, 5.74) is 2.42. The van der Waals surface area contributed by atoms with Crippen LogP contribution in [0.3, 0.4) is 0 Å². The predicted octanol–water partition coefficient (Wildman–Crippen LogP) is 3.24. The van der Waals surface area contributed by atoms with Crippen LogP contribution in [0.5, 0.6) is 0 Å². The van der Waals surface area contributed by atoms with Crippen LogP contribution in [0.15, 0.2) is 39.0 Å². The summed E-state index contributed by atoms with van der Waals surface area (Å²) in [5, 5.41) is 7.61. The molecule has 0 saturated carbocycles. The molecule has 0 aliphatic rings. The monoisotopic (exact) mass is 282 g/mol. The SMILES string of the molecule is CSc1ccc(C(=O)CSc2nncs2)cc1. The molecular weight excluding hydrogens is 272 g/mol. The van der Waals surface area contributed by atoms with Crippen molar-refractivity contribution >= 4 is 40.6 Å². The molecule has 17 heavy (non-hydrogen) atoms. The Bertz CT molecular complexity index is 482. The topological polar surface area (TPSA) is 42.9 Å². The molecule has 2 rings (SSSR count). The van der Waals surface area contributed by atoms with Crippen molar-refractivity contribution in [1.29, 1.82) is 0 Å². The van der Waals surface area contributed by atoms with Crippen molar-refractivity contribution in [2.45, 2.75) is 9.24 Å². The molecule has 0 aliphatic heterocycles. The molecule has 0 N–H and O–H groups in total. The van der Waals surface area contributed by atoms with Gasteiger partial charge in [-0.15, -0.1) is 22.0 Å². The van der Waals surface area contributed by atoms with Gasteiger partial charge in [-0.1, -0.05) is 35.2 Å². The van der Waals surface area contributed by atoms with Crippen LogP contribution in [0, 0.1) is 0 Å². The van der Waals surface area contributed by atoms with Gasteiger partial charge in [0.25, 0.3) is 0 Å². The lowest BCUT2D eigenvalue weighted by Gasteiger charge is -2.00. The average molecular weight is 282 g/mol. The quantitative estimate of drug-likeness (QED) is 0.622. The molecule has 0 fully saturated rings. The lowest BCUT2D eigenvalue weighted by molar-refractivity contribution is 0.102. The Morgan fingerprint density at radius 1 is 1.35 bits per heavy atom. The third kappa shape index (κ3) is 3.55. The Labute approximate surface area is 112 Å². The van der Waals surface area contributed by atoms with Gasteiger partial charge in [0.15, 0.2) is 10.1 Å². The molecule has 1 aromatic heterocycles. The first-order valence-electron chi connectivity index (χ1n) is 4.86. The van der Waals surface area contributed by atoms with Crippen molar-refractivity contribution in [2.75, 3.05) is 12.0 Å². The molecule has 0 unspecified atom stereocenters. The second kappa shape index (κ2) is 6.18. The number of carbonyl (C=O) groups is 1. The van der Waals surface area contributed by atoms with E-state index >= 15 is 0 Å². The molecule has 0 spiro atoms. The number of benzene rings is 1. The maximum atomic E-state index is 11.9. The van der Waals surface area contributed by atoms with Crippen LogP contribution in [0.1, 0.15) is 10.4 Å². The molecule has 6 heteroatoms. The number of thioether (sulfide) groups is 2. The zero-order valence-corrected chi connectivity index (χ0v) is 11.6. The third-order valence-electron chi connectivity index (χ3n) is 2.08. The van der Waals surface area contributed by atoms with E-state index in [9.17, 15) is 4.79 Å². The Morgan fingerprint density at radius 2 is 2.12 bits per heavy atom. The molecule has 0 bridgehead atoms. The maximum Gasteiger partial charge on any atom is 0.174 e. The number of hydrogen-bond donors (Lipinski definition) is 0. The van der Waals surface area contributed by atoms with Crippen molar-refractivity contribution in [3.63, 3.8) is 0 Å². The van der Waals surface area contributed by atoms with Crippen molar-refractivity contribution in [2.24, 2.45) is 0 Å². The summed E-state index contributed by atoms with van der Waals surface area (Å²) in [6, 6.07) is 7.67. The van der Waals surface area contributed by atoms with E-state index in [2.05, 4.69) is 10.2 Å². The van der Waals surface area contributed by atoms with Crippen LogP contribution < -0.4 is 0 Å². The van der Waals surface area contributed by atoms with Gasteiger partial charge in [0.2, 0.25) is 0 Å². The first-order chi connectivity index (χ1) is 8.29. The molecular formula is C11H10N2OS3. The summed E-state index contributed by atoms with van der Waals surface area (Å²) in [6.45, 7) is 0. The van der Waals surface area contributed by atoms with Crippen molar-refractivity contribution in [3.8, 4) is 0 Å². The van der Waals surface area contributed by atoms with E-state index in [0.717, 1.165) is 9.90 Å². The highest BCUT2D eigenvalue weighted by molar-refractivity contribution is 8.01. The highest BCUT2D eigenvalue weighted by Gasteiger charge is 2.07. The molecule has 0 atom stereocenters.